The van der Waals surface area contributed by atoms with Crippen LogP contribution in [0, 0.1) is 18.6 Å². The van der Waals surface area contributed by atoms with Crippen molar-refractivity contribution in [3.05, 3.63) is 63.7 Å². The summed E-state index contributed by atoms with van der Waals surface area (Å²) in [6.45, 7) is 1.68. The zero-order valence-corrected chi connectivity index (χ0v) is 11.7. The fraction of sp³-hybridized carbons (Fsp3) is 0.200. The molecule has 0 aromatic heterocycles. The summed E-state index contributed by atoms with van der Waals surface area (Å²) in [5, 5.41) is 10.7. The van der Waals surface area contributed by atoms with Crippen LogP contribution in [0.25, 0.3) is 0 Å². The summed E-state index contributed by atoms with van der Waals surface area (Å²) in [6.07, 6.45) is -1.43. The number of benzene rings is 2. The summed E-state index contributed by atoms with van der Waals surface area (Å²) in [5.74, 6) is -1.68. The van der Waals surface area contributed by atoms with Crippen LogP contribution < -0.4 is 4.74 Å². The van der Waals surface area contributed by atoms with Gasteiger partial charge in [0, 0.05) is 17.2 Å². The first-order chi connectivity index (χ1) is 9.45. The first-order valence-electron chi connectivity index (χ1n) is 5.91. The van der Waals surface area contributed by atoms with E-state index in [2.05, 4.69) is 0 Å². The molecule has 5 heteroatoms. The van der Waals surface area contributed by atoms with E-state index in [1.165, 1.54) is 7.11 Å². The van der Waals surface area contributed by atoms with Crippen molar-refractivity contribution >= 4 is 11.6 Å². The maximum atomic E-state index is 14.0. The third-order valence-electron chi connectivity index (χ3n) is 3.17. The minimum absolute atomic E-state index is 0.0544. The van der Waals surface area contributed by atoms with Gasteiger partial charge in [0.15, 0.2) is 0 Å². The highest BCUT2D eigenvalue weighted by Gasteiger charge is 2.23. The lowest BCUT2D eigenvalue weighted by Crippen LogP contribution is -2.08. The fourth-order valence-corrected chi connectivity index (χ4v) is 2.20. The van der Waals surface area contributed by atoms with Crippen molar-refractivity contribution in [3.8, 4) is 5.75 Å². The summed E-state index contributed by atoms with van der Waals surface area (Å²) in [6, 6.07) is 6.90. The Bertz CT molecular complexity index is 621. The highest BCUT2D eigenvalue weighted by molar-refractivity contribution is 6.31. The Hall–Kier alpha value is -1.65. The largest absolute Gasteiger partial charge is 0.497 e. The van der Waals surface area contributed by atoms with Crippen LogP contribution in [-0.2, 0) is 0 Å². The van der Waals surface area contributed by atoms with Gasteiger partial charge < -0.3 is 9.84 Å². The Labute approximate surface area is 120 Å². The Morgan fingerprint density at radius 2 is 1.80 bits per heavy atom. The molecule has 1 atom stereocenters. The van der Waals surface area contributed by atoms with E-state index >= 15 is 0 Å². The van der Waals surface area contributed by atoms with Crippen LogP contribution in [0.1, 0.15) is 22.8 Å². The second-order valence-electron chi connectivity index (χ2n) is 4.36. The molecule has 0 aliphatic carbocycles. The molecule has 1 unspecified atom stereocenters. The van der Waals surface area contributed by atoms with Crippen molar-refractivity contribution in [1.82, 2.24) is 0 Å². The molecular formula is C15H13ClF2O2. The van der Waals surface area contributed by atoms with E-state index in [0.29, 0.717) is 16.1 Å². The molecule has 0 aliphatic heterocycles. The van der Waals surface area contributed by atoms with E-state index < -0.39 is 23.3 Å². The van der Waals surface area contributed by atoms with Gasteiger partial charge in [0.2, 0.25) is 0 Å². The lowest BCUT2D eigenvalue weighted by molar-refractivity contribution is 0.208. The maximum absolute atomic E-state index is 14.0. The van der Waals surface area contributed by atoms with Gasteiger partial charge >= 0.3 is 0 Å². The number of halogens is 3. The standard InChI is InChI=1S/C15H13ClF2O2/c1-8-10(4-3-5-11(8)16)15(19)14-12(17)6-9(20-2)7-13(14)18/h3-7,15,19H,1-2H3. The maximum Gasteiger partial charge on any atom is 0.135 e. The monoisotopic (exact) mass is 298 g/mol. The van der Waals surface area contributed by atoms with Crippen LogP contribution in [0.2, 0.25) is 5.02 Å². The summed E-state index contributed by atoms with van der Waals surface area (Å²) >= 11 is 5.95. The number of methoxy groups -OCH3 is 1. The molecule has 0 saturated heterocycles. The number of ether oxygens (including phenoxy) is 1. The molecule has 1 N–H and O–H groups in total. The average molecular weight is 299 g/mol. The molecule has 0 fully saturated rings. The molecule has 0 amide bonds. The van der Waals surface area contributed by atoms with Gasteiger partial charge in [0.05, 0.1) is 12.7 Å². The summed E-state index contributed by atoms with van der Waals surface area (Å²) in [5.41, 5.74) is 0.521. The van der Waals surface area contributed by atoms with Gasteiger partial charge in [-0.05, 0) is 24.1 Å². The molecule has 106 valence electrons. The minimum atomic E-state index is -1.43. The second-order valence-corrected chi connectivity index (χ2v) is 4.77. The number of aliphatic hydroxyl groups excluding tert-OH is 1. The van der Waals surface area contributed by atoms with E-state index in [-0.39, 0.29) is 5.75 Å². The van der Waals surface area contributed by atoms with Gasteiger partial charge in [-0.3, -0.25) is 0 Å². The summed E-state index contributed by atoms with van der Waals surface area (Å²) < 4.78 is 32.7. The SMILES string of the molecule is COc1cc(F)c(C(O)c2cccc(Cl)c2C)c(F)c1. The number of rotatable bonds is 3. The van der Waals surface area contributed by atoms with Crippen molar-refractivity contribution in [2.75, 3.05) is 7.11 Å². The Balaban J connectivity index is 2.54. The van der Waals surface area contributed by atoms with Crippen LogP contribution in [0.5, 0.6) is 5.75 Å². The number of aliphatic hydroxyl groups is 1. The predicted molar refractivity (Wildman–Crippen MR) is 73.2 cm³/mol. The van der Waals surface area contributed by atoms with Crippen molar-refractivity contribution in [3.63, 3.8) is 0 Å². The molecule has 0 heterocycles. The average Bonchev–Trinajstić information content (AvgIpc) is 2.40. The van der Waals surface area contributed by atoms with Gasteiger partial charge in [-0.1, -0.05) is 23.7 Å². The van der Waals surface area contributed by atoms with Gasteiger partial charge in [0.1, 0.15) is 23.5 Å². The molecule has 2 aromatic rings. The molecule has 2 nitrogen and oxygen atoms in total. The molecule has 2 rings (SSSR count). The van der Waals surface area contributed by atoms with Gasteiger partial charge in [-0.25, -0.2) is 8.78 Å². The molecular weight excluding hydrogens is 286 g/mol. The third-order valence-corrected chi connectivity index (χ3v) is 3.58. The Kier molecular flexibility index (Phi) is 4.26. The van der Waals surface area contributed by atoms with Crippen LogP contribution in [0.15, 0.2) is 30.3 Å². The summed E-state index contributed by atoms with van der Waals surface area (Å²) in [4.78, 5) is 0. The Morgan fingerprint density at radius 3 is 2.35 bits per heavy atom. The first kappa shape index (κ1) is 14.8. The van der Waals surface area contributed by atoms with Crippen LogP contribution in [-0.4, -0.2) is 12.2 Å². The van der Waals surface area contributed by atoms with E-state index in [9.17, 15) is 13.9 Å². The van der Waals surface area contributed by atoms with E-state index in [4.69, 9.17) is 16.3 Å². The normalized spacial score (nSPS) is 12.3. The van der Waals surface area contributed by atoms with Crippen molar-refractivity contribution in [1.29, 1.82) is 0 Å². The zero-order valence-electron chi connectivity index (χ0n) is 11.0. The van der Waals surface area contributed by atoms with Crippen molar-refractivity contribution in [2.45, 2.75) is 13.0 Å². The number of hydrogen-bond donors (Lipinski definition) is 1. The zero-order chi connectivity index (χ0) is 14.9. The second kappa shape index (κ2) is 5.77. The van der Waals surface area contributed by atoms with Crippen LogP contribution in [0.4, 0.5) is 8.78 Å². The lowest BCUT2D eigenvalue weighted by atomic mass is 9.96. The van der Waals surface area contributed by atoms with Gasteiger partial charge in [-0.15, -0.1) is 0 Å². The molecule has 0 bridgehead atoms. The van der Waals surface area contributed by atoms with Crippen molar-refractivity contribution < 1.29 is 18.6 Å². The quantitative estimate of drug-likeness (QED) is 0.927. The number of hydrogen-bond acceptors (Lipinski definition) is 2. The van der Waals surface area contributed by atoms with Crippen LogP contribution >= 0.6 is 11.6 Å². The van der Waals surface area contributed by atoms with E-state index in [0.717, 1.165) is 12.1 Å². The third kappa shape index (κ3) is 2.62. The predicted octanol–water partition coefficient (Wildman–Crippen LogP) is 4.02. The molecule has 2 aromatic carbocycles. The fourth-order valence-electron chi connectivity index (χ4n) is 2.02. The Morgan fingerprint density at radius 1 is 1.20 bits per heavy atom. The molecule has 0 spiro atoms. The van der Waals surface area contributed by atoms with E-state index in [1.807, 2.05) is 0 Å². The molecule has 0 radical (unpaired) electrons. The van der Waals surface area contributed by atoms with Gasteiger partial charge in [-0.2, -0.15) is 0 Å². The highest BCUT2D eigenvalue weighted by atomic mass is 35.5. The van der Waals surface area contributed by atoms with E-state index in [1.54, 1.807) is 25.1 Å². The smallest absolute Gasteiger partial charge is 0.135 e. The topological polar surface area (TPSA) is 29.5 Å². The van der Waals surface area contributed by atoms with Crippen LogP contribution in [0.3, 0.4) is 0 Å². The lowest BCUT2D eigenvalue weighted by Gasteiger charge is -2.17. The van der Waals surface area contributed by atoms with Crippen molar-refractivity contribution in [2.24, 2.45) is 0 Å². The highest BCUT2D eigenvalue weighted by Crippen LogP contribution is 2.33. The minimum Gasteiger partial charge on any atom is -0.497 e. The summed E-state index contributed by atoms with van der Waals surface area (Å²) in [7, 11) is 1.31. The van der Waals surface area contributed by atoms with Gasteiger partial charge in [0.25, 0.3) is 0 Å². The molecule has 20 heavy (non-hydrogen) atoms. The molecule has 0 saturated carbocycles. The molecule has 0 aliphatic rings. The first-order valence-corrected chi connectivity index (χ1v) is 6.29.